The summed E-state index contributed by atoms with van der Waals surface area (Å²) in [6.07, 6.45) is 4.35. The maximum absolute atomic E-state index is 3.83. The smallest absolute Gasteiger partial charge is 0.104 e. The molecule has 68 valence electrons. The van der Waals surface area contributed by atoms with E-state index in [2.05, 4.69) is 30.8 Å². The molecule has 2 nitrogen and oxygen atoms in total. The standard InChI is InChI=1S/C10H18N2/c1-4-9-7-6-8-11-10(9)12(3)5-2/h4,11H,1,5-8H2,2-3H3. The highest BCUT2D eigenvalue weighted by atomic mass is 15.2. The summed E-state index contributed by atoms with van der Waals surface area (Å²) in [6.45, 7) is 8.12. The van der Waals surface area contributed by atoms with Crippen LogP contribution < -0.4 is 5.32 Å². The van der Waals surface area contributed by atoms with Crippen LogP contribution in [0.2, 0.25) is 0 Å². The van der Waals surface area contributed by atoms with Gasteiger partial charge in [0.05, 0.1) is 0 Å². The summed E-state index contributed by atoms with van der Waals surface area (Å²) >= 11 is 0. The highest BCUT2D eigenvalue weighted by Crippen LogP contribution is 2.16. The Morgan fingerprint density at radius 1 is 1.67 bits per heavy atom. The molecule has 1 aliphatic heterocycles. The Hall–Kier alpha value is -0.920. The largest absolute Gasteiger partial charge is 0.372 e. The lowest BCUT2D eigenvalue weighted by Gasteiger charge is -2.28. The lowest BCUT2D eigenvalue weighted by atomic mass is 10.1. The molecule has 0 aromatic heterocycles. The summed E-state index contributed by atoms with van der Waals surface area (Å²) in [5, 5.41) is 3.41. The molecule has 1 N–H and O–H groups in total. The summed E-state index contributed by atoms with van der Waals surface area (Å²) in [7, 11) is 2.11. The molecule has 0 aliphatic carbocycles. The molecule has 1 aliphatic rings. The van der Waals surface area contributed by atoms with E-state index in [1.807, 2.05) is 6.08 Å². The third kappa shape index (κ3) is 1.81. The van der Waals surface area contributed by atoms with Crippen molar-refractivity contribution in [2.45, 2.75) is 19.8 Å². The Labute approximate surface area is 74.9 Å². The number of allylic oxidation sites excluding steroid dienone is 2. The van der Waals surface area contributed by atoms with Crippen LogP contribution >= 0.6 is 0 Å². The predicted octanol–water partition coefficient (Wildman–Crippen LogP) is 1.72. The number of nitrogens with one attached hydrogen (secondary N) is 1. The van der Waals surface area contributed by atoms with E-state index < -0.39 is 0 Å². The maximum atomic E-state index is 3.83. The van der Waals surface area contributed by atoms with Gasteiger partial charge in [0, 0.05) is 20.1 Å². The van der Waals surface area contributed by atoms with Crippen molar-refractivity contribution in [3.63, 3.8) is 0 Å². The van der Waals surface area contributed by atoms with E-state index >= 15 is 0 Å². The minimum absolute atomic E-state index is 1.04. The van der Waals surface area contributed by atoms with Crippen molar-refractivity contribution in [3.05, 3.63) is 24.0 Å². The van der Waals surface area contributed by atoms with Gasteiger partial charge in [0.1, 0.15) is 5.82 Å². The minimum Gasteiger partial charge on any atom is -0.372 e. The van der Waals surface area contributed by atoms with Gasteiger partial charge in [0.2, 0.25) is 0 Å². The third-order valence-electron chi connectivity index (χ3n) is 2.32. The second kappa shape index (κ2) is 4.19. The van der Waals surface area contributed by atoms with Crippen molar-refractivity contribution < 1.29 is 0 Å². The summed E-state index contributed by atoms with van der Waals surface area (Å²) in [5.41, 5.74) is 1.35. The van der Waals surface area contributed by atoms with E-state index in [0.717, 1.165) is 19.5 Å². The van der Waals surface area contributed by atoms with Gasteiger partial charge in [-0.05, 0) is 25.3 Å². The number of rotatable bonds is 3. The number of hydrogen-bond acceptors (Lipinski definition) is 2. The molecule has 0 aromatic rings. The van der Waals surface area contributed by atoms with Gasteiger partial charge in [-0.25, -0.2) is 0 Å². The van der Waals surface area contributed by atoms with E-state index in [4.69, 9.17) is 0 Å². The number of nitrogens with zero attached hydrogens (tertiary/aromatic N) is 1. The molecule has 0 atom stereocenters. The van der Waals surface area contributed by atoms with Crippen LogP contribution in [0.3, 0.4) is 0 Å². The Morgan fingerprint density at radius 2 is 2.42 bits per heavy atom. The van der Waals surface area contributed by atoms with Gasteiger partial charge in [0.15, 0.2) is 0 Å². The molecule has 0 bridgehead atoms. The summed E-state index contributed by atoms with van der Waals surface area (Å²) in [5.74, 6) is 1.26. The molecule has 0 saturated carbocycles. The normalized spacial score (nSPS) is 17.2. The first-order chi connectivity index (χ1) is 5.79. The summed E-state index contributed by atoms with van der Waals surface area (Å²) in [6, 6.07) is 0. The van der Waals surface area contributed by atoms with Gasteiger partial charge < -0.3 is 10.2 Å². The second-order valence-electron chi connectivity index (χ2n) is 3.12. The Balaban J connectivity index is 2.79. The molecule has 0 radical (unpaired) electrons. The zero-order chi connectivity index (χ0) is 8.97. The maximum Gasteiger partial charge on any atom is 0.104 e. The van der Waals surface area contributed by atoms with Crippen LogP contribution in [0.5, 0.6) is 0 Å². The second-order valence-corrected chi connectivity index (χ2v) is 3.12. The average molecular weight is 166 g/mol. The molecule has 0 unspecified atom stereocenters. The average Bonchev–Trinajstić information content (AvgIpc) is 2.16. The van der Waals surface area contributed by atoms with Crippen LogP contribution in [0.4, 0.5) is 0 Å². The zero-order valence-electron chi connectivity index (χ0n) is 8.06. The van der Waals surface area contributed by atoms with E-state index in [-0.39, 0.29) is 0 Å². The van der Waals surface area contributed by atoms with E-state index in [9.17, 15) is 0 Å². The molecule has 0 aromatic carbocycles. The van der Waals surface area contributed by atoms with Crippen molar-refractivity contribution >= 4 is 0 Å². The highest BCUT2D eigenvalue weighted by molar-refractivity contribution is 5.24. The summed E-state index contributed by atoms with van der Waals surface area (Å²) in [4.78, 5) is 2.23. The van der Waals surface area contributed by atoms with Crippen molar-refractivity contribution in [1.29, 1.82) is 0 Å². The van der Waals surface area contributed by atoms with Crippen molar-refractivity contribution in [2.75, 3.05) is 20.1 Å². The Bertz CT molecular complexity index is 194. The lowest BCUT2D eigenvalue weighted by molar-refractivity contribution is 0.385. The molecule has 1 rings (SSSR count). The third-order valence-corrected chi connectivity index (χ3v) is 2.32. The molecule has 0 saturated heterocycles. The lowest BCUT2D eigenvalue weighted by Crippen LogP contribution is -2.33. The van der Waals surface area contributed by atoms with Crippen molar-refractivity contribution in [3.8, 4) is 0 Å². The molecular weight excluding hydrogens is 148 g/mol. The van der Waals surface area contributed by atoms with Gasteiger partial charge in [-0.3, -0.25) is 0 Å². The first-order valence-corrected chi connectivity index (χ1v) is 4.60. The molecule has 0 fully saturated rings. The van der Waals surface area contributed by atoms with Crippen LogP contribution in [-0.2, 0) is 0 Å². The van der Waals surface area contributed by atoms with Crippen molar-refractivity contribution in [1.82, 2.24) is 10.2 Å². The SMILES string of the molecule is C=CC1=C(N(C)CC)NCCC1. The van der Waals surface area contributed by atoms with Gasteiger partial charge in [-0.15, -0.1) is 0 Å². The Kier molecular flexibility index (Phi) is 3.20. The van der Waals surface area contributed by atoms with Gasteiger partial charge in [-0.2, -0.15) is 0 Å². The van der Waals surface area contributed by atoms with E-state index in [1.165, 1.54) is 17.8 Å². The van der Waals surface area contributed by atoms with Crippen LogP contribution in [0.1, 0.15) is 19.8 Å². The highest BCUT2D eigenvalue weighted by Gasteiger charge is 2.11. The van der Waals surface area contributed by atoms with Crippen LogP contribution in [-0.4, -0.2) is 25.0 Å². The molecular formula is C10H18N2. The molecule has 12 heavy (non-hydrogen) atoms. The minimum atomic E-state index is 1.04. The van der Waals surface area contributed by atoms with Gasteiger partial charge >= 0.3 is 0 Å². The molecule has 0 amide bonds. The van der Waals surface area contributed by atoms with Crippen LogP contribution in [0, 0.1) is 0 Å². The van der Waals surface area contributed by atoms with E-state index in [1.54, 1.807) is 0 Å². The van der Waals surface area contributed by atoms with Crippen molar-refractivity contribution in [2.24, 2.45) is 0 Å². The summed E-state index contributed by atoms with van der Waals surface area (Å²) < 4.78 is 0. The monoisotopic (exact) mass is 166 g/mol. The fraction of sp³-hybridized carbons (Fsp3) is 0.600. The zero-order valence-corrected chi connectivity index (χ0v) is 8.06. The fourth-order valence-electron chi connectivity index (χ4n) is 1.45. The topological polar surface area (TPSA) is 15.3 Å². The first-order valence-electron chi connectivity index (χ1n) is 4.60. The molecule has 2 heteroatoms. The van der Waals surface area contributed by atoms with Gasteiger partial charge in [-0.1, -0.05) is 12.7 Å². The molecule has 1 heterocycles. The van der Waals surface area contributed by atoms with Crippen LogP contribution in [0.15, 0.2) is 24.0 Å². The number of hydrogen-bond donors (Lipinski definition) is 1. The fourth-order valence-corrected chi connectivity index (χ4v) is 1.45. The van der Waals surface area contributed by atoms with Crippen LogP contribution in [0.25, 0.3) is 0 Å². The Morgan fingerprint density at radius 3 is 3.00 bits per heavy atom. The van der Waals surface area contributed by atoms with Gasteiger partial charge in [0.25, 0.3) is 0 Å². The predicted molar refractivity (Wildman–Crippen MR) is 52.8 cm³/mol. The molecule has 0 spiro atoms. The van der Waals surface area contributed by atoms with E-state index in [0.29, 0.717) is 0 Å². The quantitative estimate of drug-likeness (QED) is 0.686. The first kappa shape index (κ1) is 9.17.